The molecular weight excluding hydrogens is 300 g/mol. The average molecular weight is 324 g/mol. The van der Waals surface area contributed by atoms with E-state index in [0.717, 1.165) is 49.8 Å². The summed E-state index contributed by atoms with van der Waals surface area (Å²) in [6.45, 7) is 4.16. The van der Waals surface area contributed by atoms with Crippen LogP contribution in [0.25, 0.3) is 0 Å². The molecule has 4 heteroatoms. The smallest absolute Gasteiger partial charge is 0.290 e. The number of rotatable bonds is 3. The third kappa shape index (κ3) is 2.45. The third-order valence-electron chi connectivity index (χ3n) is 5.34. The van der Waals surface area contributed by atoms with E-state index in [1.807, 2.05) is 17.2 Å². The summed E-state index contributed by atoms with van der Waals surface area (Å²) in [5.74, 6) is 0.580. The zero-order chi connectivity index (χ0) is 16.7. The molecule has 0 bridgehead atoms. The zero-order valence-corrected chi connectivity index (χ0v) is 14.4. The van der Waals surface area contributed by atoms with Crippen LogP contribution in [0.3, 0.4) is 0 Å². The van der Waals surface area contributed by atoms with Crippen molar-refractivity contribution in [3.8, 4) is 0 Å². The molecule has 1 atom stereocenters. The molecule has 2 aromatic heterocycles. The van der Waals surface area contributed by atoms with Gasteiger partial charge in [0, 0.05) is 17.8 Å². The molecule has 4 rings (SSSR count). The molecule has 0 aromatic carbocycles. The molecule has 1 amide bonds. The number of hydrogen-bond acceptors (Lipinski definition) is 3. The summed E-state index contributed by atoms with van der Waals surface area (Å²) in [7, 11) is 0. The molecule has 2 aromatic rings. The van der Waals surface area contributed by atoms with Gasteiger partial charge in [0.05, 0.1) is 18.0 Å². The summed E-state index contributed by atoms with van der Waals surface area (Å²) in [5, 5.41) is 0. The second-order valence-corrected chi connectivity index (χ2v) is 7.18. The minimum Gasteiger partial charge on any atom is -0.459 e. The number of carbonyl (C=O) groups excluding carboxylic acids is 1. The summed E-state index contributed by atoms with van der Waals surface area (Å²) in [6, 6.07) is 4.28. The van der Waals surface area contributed by atoms with Crippen molar-refractivity contribution in [1.82, 2.24) is 9.88 Å². The van der Waals surface area contributed by atoms with E-state index in [1.165, 1.54) is 11.1 Å². The predicted molar refractivity (Wildman–Crippen MR) is 92.0 cm³/mol. The number of aromatic nitrogens is 1. The van der Waals surface area contributed by atoms with Crippen LogP contribution < -0.4 is 0 Å². The predicted octanol–water partition coefficient (Wildman–Crippen LogP) is 4.09. The summed E-state index contributed by atoms with van der Waals surface area (Å²) in [4.78, 5) is 19.9. The molecule has 0 spiro atoms. The van der Waals surface area contributed by atoms with Gasteiger partial charge in [-0.25, -0.2) is 0 Å². The van der Waals surface area contributed by atoms with E-state index in [4.69, 9.17) is 4.42 Å². The minimum atomic E-state index is 0.0247. The average Bonchev–Trinajstić information content (AvgIpc) is 3.18. The quantitative estimate of drug-likeness (QED) is 0.854. The van der Waals surface area contributed by atoms with E-state index in [1.54, 1.807) is 6.26 Å². The highest BCUT2D eigenvalue weighted by atomic mass is 16.3. The van der Waals surface area contributed by atoms with Crippen molar-refractivity contribution in [2.24, 2.45) is 0 Å². The van der Waals surface area contributed by atoms with Gasteiger partial charge in [0.2, 0.25) is 0 Å². The highest BCUT2D eigenvalue weighted by Crippen LogP contribution is 2.36. The van der Waals surface area contributed by atoms with Crippen molar-refractivity contribution >= 4 is 5.91 Å². The second kappa shape index (κ2) is 6.08. The first-order valence-electron chi connectivity index (χ1n) is 9.02. The number of nitrogens with zero attached hydrogens (tertiary/aromatic N) is 2. The van der Waals surface area contributed by atoms with Crippen molar-refractivity contribution in [1.29, 1.82) is 0 Å². The van der Waals surface area contributed by atoms with E-state index in [0.29, 0.717) is 5.76 Å². The molecule has 0 aliphatic heterocycles. The van der Waals surface area contributed by atoms with E-state index in [2.05, 4.69) is 24.9 Å². The molecule has 4 nitrogen and oxygen atoms in total. The molecule has 0 saturated carbocycles. The van der Waals surface area contributed by atoms with Crippen LogP contribution in [0.5, 0.6) is 0 Å². The number of furan rings is 1. The molecule has 0 fully saturated rings. The fourth-order valence-electron chi connectivity index (χ4n) is 4.25. The van der Waals surface area contributed by atoms with Gasteiger partial charge in [0.1, 0.15) is 0 Å². The monoisotopic (exact) mass is 324 g/mol. The van der Waals surface area contributed by atoms with Crippen LogP contribution in [0.15, 0.2) is 29.0 Å². The Labute approximate surface area is 142 Å². The lowest BCUT2D eigenvalue weighted by atomic mass is 9.90. The largest absolute Gasteiger partial charge is 0.459 e. The van der Waals surface area contributed by atoms with Crippen molar-refractivity contribution in [3.63, 3.8) is 0 Å². The van der Waals surface area contributed by atoms with Crippen molar-refractivity contribution < 1.29 is 9.21 Å². The molecule has 2 aliphatic carbocycles. The molecule has 0 saturated heterocycles. The Morgan fingerprint density at radius 2 is 2.08 bits per heavy atom. The van der Waals surface area contributed by atoms with E-state index < -0.39 is 0 Å². The Kier molecular flexibility index (Phi) is 3.91. The first-order chi connectivity index (χ1) is 11.7. The van der Waals surface area contributed by atoms with Gasteiger partial charge in [0.25, 0.3) is 5.91 Å². The molecule has 24 heavy (non-hydrogen) atoms. The summed E-state index contributed by atoms with van der Waals surface area (Å²) >= 11 is 0. The number of hydrogen-bond donors (Lipinski definition) is 0. The van der Waals surface area contributed by atoms with Crippen molar-refractivity contribution in [2.75, 3.05) is 0 Å². The van der Waals surface area contributed by atoms with Gasteiger partial charge in [-0.1, -0.05) is 6.07 Å². The first kappa shape index (κ1) is 15.4. The lowest BCUT2D eigenvalue weighted by Gasteiger charge is -2.37. The van der Waals surface area contributed by atoms with Crippen molar-refractivity contribution in [2.45, 2.75) is 64.5 Å². The maximum Gasteiger partial charge on any atom is 0.290 e. The van der Waals surface area contributed by atoms with Gasteiger partial charge in [0.15, 0.2) is 5.76 Å². The Morgan fingerprint density at radius 1 is 1.25 bits per heavy atom. The van der Waals surface area contributed by atoms with Crippen LogP contribution in [0.2, 0.25) is 0 Å². The van der Waals surface area contributed by atoms with E-state index in [-0.39, 0.29) is 18.0 Å². The highest BCUT2D eigenvalue weighted by molar-refractivity contribution is 5.94. The fraction of sp³-hybridized carbons (Fsp3) is 0.500. The molecule has 0 radical (unpaired) electrons. The molecule has 2 aliphatic rings. The number of amides is 1. The Balaban J connectivity index is 1.72. The molecular formula is C20H24N2O2. The van der Waals surface area contributed by atoms with Crippen LogP contribution in [-0.2, 0) is 19.3 Å². The molecule has 2 heterocycles. The van der Waals surface area contributed by atoms with Gasteiger partial charge in [-0.3, -0.25) is 9.78 Å². The van der Waals surface area contributed by atoms with Crippen LogP contribution in [0.1, 0.15) is 72.1 Å². The molecule has 0 N–H and O–H groups in total. The van der Waals surface area contributed by atoms with Crippen LogP contribution in [0.4, 0.5) is 0 Å². The zero-order valence-electron chi connectivity index (χ0n) is 14.4. The van der Waals surface area contributed by atoms with Crippen LogP contribution >= 0.6 is 0 Å². The number of carbonyl (C=O) groups is 1. The number of fused-ring (bicyclic) bond motifs is 2. The highest BCUT2D eigenvalue weighted by Gasteiger charge is 2.35. The normalized spacial score (nSPS) is 19.2. The second-order valence-electron chi connectivity index (χ2n) is 7.18. The van der Waals surface area contributed by atoms with Gasteiger partial charge in [-0.15, -0.1) is 0 Å². The summed E-state index contributed by atoms with van der Waals surface area (Å²) < 4.78 is 5.70. The third-order valence-corrected chi connectivity index (χ3v) is 5.34. The topological polar surface area (TPSA) is 46.3 Å². The first-order valence-corrected chi connectivity index (χ1v) is 9.02. The molecule has 1 unspecified atom stereocenters. The Hall–Kier alpha value is -2.10. The minimum absolute atomic E-state index is 0.0247. The lowest BCUT2D eigenvalue weighted by molar-refractivity contribution is 0.0542. The van der Waals surface area contributed by atoms with Gasteiger partial charge >= 0.3 is 0 Å². The van der Waals surface area contributed by atoms with Crippen LogP contribution in [-0.4, -0.2) is 21.8 Å². The maximum atomic E-state index is 13.3. The van der Waals surface area contributed by atoms with Crippen LogP contribution in [0, 0.1) is 0 Å². The van der Waals surface area contributed by atoms with Gasteiger partial charge < -0.3 is 9.32 Å². The van der Waals surface area contributed by atoms with E-state index in [9.17, 15) is 4.79 Å². The lowest BCUT2D eigenvalue weighted by Crippen LogP contribution is -2.42. The number of aryl methyl sites for hydroxylation is 2. The van der Waals surface area contributed by atoms with Crippen molar-refractivity contribution in [3.05, 3.63) is 52.7 Å². The summed E-state index contributed by atoms with van der Waals surface area (Å²) in [6.07, 6.45) is 9.84. The maximum absolute atomic E-state index is 13.3. The summed E-state index contributed by atoms with van der Waals surface area (Å²) in [5.41, 5.74) is 4.68. The van der Waals surface area contributed by atoms with Gasteiger partial charge in [-0.05, 0) is 69.6 Å². The fourth-order valence-corrected chi connectivity index (χ4v) is 4.25. The van der Waals surface area contributed by atoms with Gasteiger partial charge in [-0.2, -0.15) is 0 Å². The Bertz CT molecular complexity index is 763. The number of pyridine rings is 1. The Morgan fingerprint density at radius 3 is 2.92 bits per heavy atom. The standard InChI is InChI=1S/C20H24N2O2/c1-13(2)22(17-10-4-6-14-8-5-11-21-18(14)17)20(23)19-16-9-3-7-15(16)12-24-19/h5,8,11-13,17H,3-4,6-7,9-10H2,1-2H3. The SMILES string of the molecule is CC(C)N(C(=O)c1occ2c1CCC2)C1CCCc2cccnc21. The molecule has 126 valence electrons. The van der Waals surface area contributed by atoms with E-state index >= 15 is 0 Å².